The highest BCUT2D eigenvalue weighted by Crippen LogP contribution is 2.53. The van der Waals surface area contributed by atoms with Crippen molar-refractivity contribution in [3.05, 3.63) is 65.2 Å². The molecule has 6 nitrogen and oxygen atoms in total. The monoisotopic (exact) mass is 629 g/mol. The Labute approximate surface area is 268 Å². The lowest BCUT2D eigenvalue weighted by Crippen LogP contribution is -2.55. The molecule has 6 rings (SSSR count). The molecule has 0 spiro atoms. The van der Waals surface area contributed by atoms with Gasteiger partial charge >= 0.3 is 6.09 Å². The van der Waals surface area contributed by atoms with Gasteiger partial charge in [0.25, 0.3) is 8.32 Å². The number of ether oxygens (including phenoxy) is 1. The number of carbonyl (C=O) groups excluding carboxylic acids is 1. The summed E-state index contributed by atoms with van der Waals surface area (Å²) < 4.78 is 13.0. The van der Waals surface area contributed by atoms with Gasteiger partial charge in [0, 0.05) is 34.3 Å². The minimum atomic E-state index is -2.16. The van der Waals surface area contributed by atoms with E-state index in [1.54, 1.807) is 16.7 Å². The van der Waals surface area contributed by atoms with Crippen molar-refractivity contribution < 1.29 is 14.0 Å². The number of fused-ring (bicyclic) bond motifs is 4. The molecule has 44 heavy (non-hydrogen) atoms. The molecule has 3 aromatic carbocycles. The minimum Gasteiger partial charge on any atom is -0.542 e. The third-order valence-electron chi connectivity index (χ3n) is 9.59. The molecule has 3 aromatic rings. The van der Waals surface area contributed by atoms with E-state index in [0.717, 1.165) is 71.3 Å². The summed E-state index contributed by atoms with van der Waals surface area (Å²) >= 11 is 1.74. The van der Waals surface area contributed by atoms with E-state index in [1.165, 1.54) is 22.5 Å². The first kappa shape index (κ1) is 30.9. The lowest BCUT2D eigenvalue weighted by molar-refractivity contribution is 0.149. The van der Waals surface area contributed by atoms with Gasteiger partial charge in [-0.25, -0.2) is 9.69 Å². The van der Waals surface area contributed by atoms with Crippen molar-refractivity contribution in [2.24, 2.45) is 0 Å². The van der Waals surface area contributed by atoms with Crippen LogP contribution >= 0.6 is 11.8 Å². The van der Waals surface area contributed by atoms with E-state index in [4.69, 9.17) is 9.16 Å². The van der Waals surface area contributed by atoms with E-state index in [-0.39, 0.29) is 17.7 Å². The highest BCUT2D eigenvalue weighted by atomic mass is 32.2. The molecule has 0 bridgehead atoms. The molecular weight excluding hydrogens is 583 g/mol. The number of hydrogen-bond acceptors (Lipinski definition) is 6. The number of carbonyl (C=O) groups is 1. The van der Waals surface area contributed by atoms with Gasteiger partial charge in [0.05, 0.1) is 11.4 Å². The molecule has 3 aliphatic heterocycles. The average Bonchev–Trinajstić information content (AvgIpc) is 2.99. The zero-order chi connectivity index (χ0) is 31.2. The standard InChI is InChI=1S/C36H47N3O3SSi/c1-23(2)44(24(3)4,36(5,6)7)42-28-14-12-25(13-15-28)22-41-35(40)39-31-18-26-10-8-16-37-29(26)20-33(31)43-34-21-30-27(19-32(34)39)11-9-17-38-30/h12-15,18-21,23-24,37-38H,8-11,16-17,22H2,1-7H3. The molecule has 2 N–H and O–H groups in total. The number of benzene rings is 3. The first-order valence-electron chi connectivity index (χ1n) is 16.2. The summed E-state index contributed by atoms with van der Waals surface area (Å²) in [5, 5.41) is 7.19. The molecular formula is C36H47N3O3SSi. The Bertz CT molecular complexity index is 1470. The van der Waals surface area contributed by atoms with Gasteiger partial charge in [-0.05, 0) is 94.9 Å². The summed E-state index contributed by atoms with van der Waals surface area (Å²) in [6.07, 6.45) is 3.84. The van der Waals surface area contributed by atoms with Crippen LogP contribution in [0.15, 0.2) is 58.3 Å². The lowest BCUT2D eigenvalue weighted by Gasteiger charge is -2.48. The van der Waals surface area contributed by atoms with Gasteiger partial charge in [0.15, 0.2) is 0 Å². The normalized spacial score (nSPS) is 15.9. The Morgan fingerprint density at radius 2 is 1.39 bits per heavy atom. The molecule has 0 unspecified atom stereocenters. The molecule has 0 aliphatic carbocycles. The van der Waals surface area contributed by atoms with Crippen LogP contribution in [0.1, 0.15) is 78.0 Å². The highest BCUT2D eigenvalue weighted by molar-refractivity contribution is 7.99. The quantitative estimate of drug-likeness (QED) is 0.265. The van der Waals surface area contributed by atoms with Gasteiger partial charge in [-0.3, -0.25) is 0 Å². The van der Waals surface area contributed by atoms with Crippen molar-refractivity contribution in [2.75, 3.05) is 28.6 Å². The van der Waals surface area contributed by atoms with Crippen LogP contribution in [-0.4, -0.2) is 27.5 Å². The minimum absolute atomic E-state index is 0.0907. The second-order valence-electron chi connectivity index (χ2n) is 14.1. The number of nitrogens with zero attached hydrogens (tertiary/aromatic N) is 1. The highest BCUT2D eigenvalue weighted by Gasteiger charge is 2.53. The van der Waals surface area contributed by atoms with Gasteiger partial charge in [-0.15, -0.1) is 0 Å². The third kappa shape index (κ3) is 5.60. The summed E-state index contributed by atoms with van der Waals surface area (Å²) in [5.74, 6) is 0.900. The maximum Gasteiger partial charge on any atom is 0.419 e. The van der Waals surface area contributed by atoms with Gasteiger partial charge in [-0.1, -0.05) is 72.4 Å². The smallest absolute Gasteiger partial charge is 0.419 e. The molecule has 0 fully saturated rings. The predicted octanol–water partition coefficient (Wildman–Crippen LogP) is 10.3. The van der Waals surface area contributed by atoms with Crippen LogP contribution in [0.4, 0.5) is 27.5 Å². The van der Waals surface area contributed by atoms with Gasteiger partial charge in [0.1, 0.15) is 12.4 Å². The zero-order valence-corrected chi connectivity index (χ0v) is 29.1. The van der Waals surface area contributed by atoms with Crippen LogP contribution < -0.4 is 20.0 Å². The summed E-state index contributed by atoms with van der Waals surface area (Å²) in [6, 6.07) is 16.9. The molecule has 0 saturated heterocycles. The molecule has 3 heterocycles. The Morgan fingerprint density at radius 3 is 1.86 bits per heavy atom. The van der Waals surface area contributed by atoms with Gasteiger partial charge in [0.2, 0.25) is 0 Å². The first-order chi connectivity index (χ1) is 21.0. The Morgan fingerprint density at radius 1 is 0.864 bits per heavy atom. The number of nitrogens with one attached hydrogen (secondary N) is 2. The number of anilines is 4. The van der Waals surface area contributed by atoms with Crippen molar-refractivity contribution in [3.8, 4) is 5.75 Å². The Balaban J connectivity index is 1.25. The lowest BCUT2D eigenvalue weighted by atomic mass is 10.0. The summed E-state index contributed by atoms with van der Waals surface area (Å²) in [6.45, 7) is 18.3. The topological polar surface area (TPSA) is 62.8 Å². The van der Waals surface area contributed by atoms with Crippen molar-refractivity contribution >= 4 is 48.9 Å². The molecule has 3 aliphatic rings. The molecule has 0 saturated carbocycles. The Hall–Kier alpha value is -3.10. The van der Waals surface area contributed by atoms with Gasteiger partial charge in [-0.2, -0.15) is 0 Å². The van der Waals surface area contributed by atoms with Crippen molar-refractivity contribution in [1.29, 1.82) is 0 Å². The van der Waals surface area contributed by atoms with Gasteiger partial charge < -0.3 is 19.8 Å². The van der Waals surface area contributed by atoms with Crippen LogP contribution in [0.2, 0.25) is 16.1 Å². The molecule has 1 amide bonds. The van der Waals surface area contributed by atoms with Crippen molar-refractivity contribution in [1.82, 2.24) is 0 Å². The number of rotatable bonds is 6. The fourth-order valence-corrected chi connectivity index (χ4v) is 15.0. The van der Waals surface area contributed by atoms with E-state index in [9.17, 15) is 4.79 Å². The molecule has 0 aromatic heterocycles. The summed E-state index contributed by atoms with van der Waals surface area (Å²) in [7, 11) is -2.16. The van der Waals surface area contributed by atoms with Crippen LogP contribution in [0.3, 0.4) is 0 Å². The van der Waals surface area contributed by atoms with Crippen LogP contribution in [0, 0.1) is 0 Å². The SMILES string of the molecule is CC(C)[Si](Oc1ccc(COC(=O)N2c3cc4c(cc3Sc3cc5c(cc32)CCCN5)NCCC4)cc1)(C(C)C)C(C)(C)C. The van der Waals surface area contributed by atoms with E-state index >= 15 is 0 Å². The van der Waals surface area contributed by atoms with Crippen LogP contribution in [0.5, 0.6) is 5.75 Å². The Kier molecular flexibility index (Phi) is 8.43. The number of hydrogen-bond donors (Lipinski definition) is 2. The average molecular weight is 630 g/mol. The largest absolute Gasteiger partial charge is 0.542 e. The summed E-state index contributed by atoms with van der Waals surface area (Å²) in [4.78, 5) is 17.9. The predicted molar refractivity (Wildman–Crippen MR) is 186 cm³/mol. The molecule has 234 valence electrons. The zero-order valence-electron chi connectivity index (χ0n) is 27.3. The molecule has 0 atom stereocenters. The van der Waals surface area contributed by atoms with Crippen molar-refractivity contribution in [2.45, 2.75) is 107 Å². The fraction of sp³-hybridized carbons (Fsp3) is 0.472. The van der Waals surface area contributed by atoms with Crippen LogP contribution in [-0.2, 0) is 24.2 Å². The maximum absolute atomic E-state index is 14.0. The number of aryl methyl sites for hydroxylation is 2. The van der Waals surface area contributed by atoms with E-state index < -0.39 is 8.32 Å². The second kappa shape index (κ2) is 12.0. The first-order valence-corrected chi connectivity index (χ1v) is 19.1. The van der Waals surface area contributed by atoms with E-state index in [2.05, 4.69) is 83.4 Å². The second-order valence-corrected chi connectivity index (χ2v) is 20.8. The third-order valence-corrected chi connectivity index (χ3v) is 17.0. The molecule has 8 heteroatoms. The van der Waals surface area contributed by atoms with E-state index in [0.29, 0.717) is 11.1 Å². The maximum atomic E-state index is 14.0. The molecule has 0 radical (unpaired) electrons. The summed E-state index contributed by atoms with van der Waals surface area (Å²) in [5.41, 5.74) is 8.56. The number of amides is 1. The fourth-order valence-electron chi connectivity index (χ4n) is 7.77. The van der Waals surface area contributed by atoms with Crippen LogP contribution in [0.25, 0.3) is 0 Å². The van der Waals surface area contributed by atoms with E-state index in [1.807, 2.05) is 24.3 Å². The van der Waals surface area contributed by atoms with Crippen molar-refractivity contribution in [3.63, 3.8) is 0 Å².